The first kappa shape index (κ1) is 12.6. The zero-order valence-electron chi connectivity index (χ0n) is 9.01. The number of carboxylic acids is 1. The minimum absolute atomic E-state index is 0.131. The van der Waals surface area contributed by atoms with Crippen LogP contribution in [0.5, 0.6) is 0 Å². The van der Waals surface area contributed by atoms with Crippen LogP contribution in [-0.4, -0.2) is 32.6 Å². The molecule has 0 saturated heterocycles. The molecule has 2 N–H and O–H groups in total. The van der Waals surface area contributed by atoms with Crippen LogP contribution < -0.4 is 5.32 Å². The lowest BCUT2D eigenvalue weighted by Gasteiger charge is -2.19. The van der Waals surface area contributed by atoms with Crippen LogP contribution in [-0.2, 0) is 4.79 Å². The van der Waals surface area contributed by atoms with Crippen molar-refractivity contribution in [1.29, 1.82) is 0 Å². The Morgan fingerprint density at radius 2 is 2.31 bits per heavy atom. The van der Waals surface area contributed by atoms with Gasteiger partial charge in [0.1, 0.15) is 6.04 Å². The number of hydrogen-bond donors (Lipinski definition) is 2. The molecule has 1 heterocycles. The molecule has 6 nitrogen and oxygen atoms in total. The summed E-state index contributed by atoms with van der Waals surface area (Å²) in [6.45, 7) is 3.65. The van der Waals surface area contributed by atoms with Gasteiger partial charge in [0.05, 0.1) is 0 Å². The molecule has 16 heavy (non-hydrogen) atoms. The topological polar surface area (TPSA) is 92.2 Å². The number of hydrogen-bond acceptors (Lipinski definition) is 5. The van der Waals surface area contributed by atoms with Gasteiger partial charge in [0, 0.05) is 5.38 Å². The molecule has 0 spiro atoms. The van der Waals surface area contributed by atoms with Gasteiger partial charge in [-0.25, -0.2) is 4.79 Å². The molecule has 0 bridgehead atoms. The fourth-order valence-electron chi connectivity index (χ4n) is 1.16. The van der Waals surface area contributed by atoms with Gasteiger partial charge in [-0.2, -0.15) is 0 Å². The number of nitrogens with zero attached hydrogens (tertiary/aromatic N) is 2. The predicted molar refractivity (Wildman–Crippen MR) is 58.3 cm³/mol. The molecular weight excluding hydrogens is 230 g/mol. The Morgan fingerprint density at radius 3 is 2.75 bits per heavy atom. The first-order valence-electron chi connectivity index (χ1n) is 4.87. The maximum Gasteiger partial charge on any atom is 0.326 e. The Labute approximate surface area is 96.8 Å². The highest BCUT2D eigenvalue weighted by atomic mass is 32.1. The van der Waals surface area contributed by atoms with Crippen LogP contribution in [0.4, 0.5) is 0 Å². The molecule has 0 fully saturated rings. The molecular formula is C9H13N3O3S. The van der Waals surface area contributed by atoms with E-state index in [9.17, 15) is 9.59 Å². The first-order chi connectivity index (χ1) is 7.56. The Balaban J connectivity index is 2.69. The van der Waals surface area contributed by atoms with Crippen molar-refractivity contribution in [1.82, 2.24) is 14.9 Å². The van der Waals surface area contributed by atoms with Crippen LogP contribution in [0.3, 0.4) is 0 Å². The zero-order valence-corrected chi connectivity index (χ0v) is 9.82. The van der Waals surface area contributed by atoms with E-state index in [-0.39, 0.29) is 11.6 Å². The molecule has 0 aliphatic rings. The third-order valence-electron chi connectivity index (χ3n) is 2.36. The summed E-state index contributed by atoms with van der Waals surface area (Å²) in [6, 6.07) is -0.890. The molecule has 0 unspecified atom stereocenters. The number of nitrogens with one attached hydrogen (secondary N) is 1. The van der Waals surface area contributed by atoms with Gasteiger partial charge >= 0.3 is 5.97 Å². The fourth-order valence-corrected chi connectivity index (χ4v) is 1.60. The standard InChI is InChI=1S/C9H13N3O3S/c1-3-5(2)7(9(14)15)10-8(13)6-4-16-12-11-6/h4-5,7H,3H2,1-2H3,(H,10,13)(H,14,15)/t5-,7-/m0/s1. The lowest BCUT2D eigenvalue weighted by atomic mass is 9.99. The molecule has 0 saturated carbocycles. The van der Waals surface area contributed by atoms with Crippen LogP contribution in [0, 0.1) is 5.92 Å². The maximum absolute atomic E-state index is 11.6. The average molecular weight is 243 g/mol. The fraction of sp³-hybridized carbons (Fsp3) is 0.556. The minimum Gasteiger partial charge on any atom is -0.480 e. The molecule has 88 valence electrons. The van der Waals surface area contributed by atoms with Crippen LogP contribution in [0.2, 0.25) is 0 Å². The van der Waals surface area contributed by atoms with Gasteiger partial charge in [0.25, 0.3) is 5.91 Å². The van der Waals surface area contributed by atoms with Gasteiger partial charge in [0.15, 0.2) is 5.69 Å². The van der Waals surface area contributed by atoms with E-state index < -0.39 is 17.9 Å². The van der Waals surface area contributed by atoms with Gasteiger partial charge in [-0.05, 0) is 17.5 Å². The molecule has 1 aromatic rings. The lowest BCUT2D eigenvalue weighted by molar-refractivity contribution is -0.140. The number of aliphatic carboxylic acids is 1. The summed E-state index contributed by atoms with van der Waals surface area (Å²) in [5.74, 6) is -1.67. The van der Waals surface area contributed by atoms with E-state index in [1.54, 1.807) is 6.92 Å². The van der Waals surface area contributed by atoms with E-state index in [0.29, 0.717) is 6.42 Å². The zero-order chi connectivity index (χ0) is 12.1. The molecule has 0 aliphatic heterocycles. The van der Waals surface area contributed by atoms with Gasteiger partial charge in [-0.3, -0.25) is 4.79 Å². The summed E-state index contributed by atoms with van der Waals surface area (Å²) in [6.07, 6.45) is 0.673. The average Bonchev–Trinajstić information content (AvgIpc) is 2.77. The van der Waals surface area contributed by atoms with Crippen molar-refractivity contribution in [2.75, 3.05) is 0 Å². The smallest absolute Gasteiger partial charge is 0.326 e. The maximum atomic E-state index is 11.6. The number of carbonyl (C=O) groups is 2. The molecule has 1 rings (SSSR count). The van der Waals surface area contributed by atoms with Crippen molar-refractivity contribution in [2.24, 2.45) is 5.92 Å². The summed E-state index contributed by atoms with van der Waals surface area (Å²) in [7, 11) is 0. The van der Waals surface area contributed by atoms with Crippen molar-refractivity contribution in [3.8, 4) is 0 Å². The van der Waals surface area contributed by atoms with E-state index in [4.69, 9.17) is 5.11 Å². The second kappa shape index (κ2) is 5.55. The van der Waals surface area contributed by atoms with E-state index in [1.165, 1.54) is 5.38 Å². The van der Waals surface area contributed by atoms with Gasteiger partial charge in [-0.15, -0.1) is 5.10 Å². The van der Waals surface area contributed by atoms with Crippen molar-refractivity contribution < 1.29 is 14.7 Å². The van der Waals surface area contributed by atoms with Crippen LogP contribution >= 0.6 is 11.5 Å². The van der Waals surface area contributed by atoms with Crippen LogP contribution in [0.25, 0.3) is 0 Å². The summed E-state index contributed by atoms with van der Waals surface area (Å²) in [5.41, 5.74) is 0.152. The highest BCUT2D eigenvalue weighted by Crippen LogP contribution is 2.09. The molecule has 1 aromatic heterocycles. The van der Waals surface area contributed by atoms with Gasteiger partial charge in [0.2, 0.25) is 0 Å². The second-order valence-corrected chi connectivity index (χ2v) is 4.07. The lowest BCUT2D eigenvalue weighted by Crippen LogP contribution is -2.45. The molecule has 0 aromatic carbocycles. The van der Waals surface area contributed by atoms with Crippen molar-refractivity contribution in [3.63, 3.8) is 0 Å². The summed E-state index contributed by atoms with van der Waals surface area (Å²) in [4.78, 5) is 22.5. The van der Waals surface area contributed by atoms with E-state index in [2.05, 4.69) is 14.9 Å². The highest BCUT2D eigenvalue weighted by molar-refractivity contribution is 7.03. The summed E-state index contributed by atoms with van der Waals surface area (Å²) >= 11 is 1.05. The normalized spacial score (nSPS) is 14.1. The Hall–Kier alpha value is -1.50. The largest absolute Gasteiger partial charge is 0.480 e. The Bertz CT molecular complexity index is 366. The van der Waals surface area contributed by atoms with E-state index in [0.717, 1.165) is 11.5 Å². The summed E-state index contributed by atoms with van der Waals surface area (Å²) < 4.78 is 3.54. The summed E-state index contributed by atoms with van der Waals surface area (Å²) in [5, 5.41) is 16.5. The third kappa shape index (κ3) is 2.99. The number of aromatic nitrogens is 2. The van der Waals surface area contributed by atoms with Crippen LogP contribution in [0.15, 0.2) is 5.38 Å². The number of carboxylic acid groups (broad SMARTS) is 1. The van der Waals surface area contributed by atoms with E-state index >= 15 is 0 Å². The number of carbonyl (C=O) groups excluding carboxylic acids is 1. The van der Waals surface area contributed by atoms with Gasteiger partial charge < -0.3 is 10.4 Å². The number of rotatable bonds is 5. The SMILES string of the molecule is CC[C@H](C)[C@H](NC(=O)c1csnn1)C(=O)O. The highest BCUT2D eigenvalue weighted by Gasteiger charge is 2.26. The first-order valence-corrected chi connectivity index (χ1v) is 5.70. The Morgan fingerprint density at radius 1 is 1.62 bits per heavy atom. The second-order valence-electron chi connectivity index (χ2n) is 3.47. The third-order valence-corrected chi connectivity index (χ3v) is 2.86. The quantitative estimate of drug-likeness (QED) is 0.796. The number of amides is 1. The Kier molecular flexibility index (Phi) is 4.36. The van der Waals surface area contributed by atoms with Gasteiger partial charge in [-0.1, -0.05) is 24.8 Å². The van der Waals surface area contributed by atoms with Crippen LogP contribution in [0.1, 0.15) is 30.8 Å². The molecule has 0 radical (unpaired) electrons. The van der Waals surface area contributed by atoms with Crippen molar-refractivity contribution >= 4 is 23.4 Å². The molecule has 1 amide bonds. The van der Waals surface area contributed by atoms with Crippen molar-refractivity contribution in [3.05, 3.63) is 11.1 Å². The van der Waals surface area contributed by atoms with E-state index in [1.807, 2.05) is 6.92 Å². The molecule has 0 aliphatic carbocycles. The monoisotopic (exact) mass is 243 g/mol. The van der Waals surface area contributed by atoms with Crippen molar-refractivity contribution in [2.45, 2.75) is 26.3 Å². The molecule has 2 atom stereocenters. The predicted octanol–water partition coefficient (Wildman–Crippen LogP) is 0.767. The molecule has 7 heteroatoms. The minimum atomic E-state index is -1.04.